The summed E-state index contributed by atoms with van der Waals surface area (Å²) in [6.07, 6.45) is 2.27. The van der Waals surface area contributed by atoms with Crippen molar-refractivity contribution in [2.24, 2.45) is 0 Å². The predicted molar refractivity (Wildman–Crippen MR) is 68.3 cm³/mol. The smallest absolute Gasteiger partial charge is 0.191 e. The molecular weight excluding hydrogens is 250 g/mol. The van der Waals surface area contributed by atoms with Crippen molar-refractivity contribution in [1.29, 1.82) is 0 Å². The molecule has 1 aromatic heterocycles. The van der Waals surface area contributed by atoms with Gasteiger partial charge in [0, 0.05) is 5.02 Å². The SMILES string of the molecule is Clc1ccc(Cn2nnc(C3CCCN3)n2)cc1. The Morgan fingerprint density at radius 3 is 2.89 bits per heavy atom. The molecule has 1 aliphatic rings. The Kier molecular flexibility index (Phi) is 3.25. The lowest BCUT2D eigenvalue weighted by Crippen LogP contribution is -2.14. The summed E-state index contributed by atoms with van der Waals surface area (Å²) in [4.78, 5) is 1.62. The van der Waals surface area contributed by atoms with Crippen molar-refractivity contribution in [3.8, 4) is 0 Å². The van der Waals surface area contributed by atoms with Crippen molar-refractivity contribution in [1.82, 2.24) is 25.5 Å². The molecule has 0 bridgehead atoms. The van der Waals surface area contributed by atoms with Gasteiger partial charge in [-0.2, -0.15) is 4.80 Å². The van der Waals surface area contributed by atoms with Gasteiger partial charge in [-0.1, -0.05) is 23.7 Å². The molecule has 1 unspecified atom stereocenters. The third kappa shape index (κ3) is 2.52. The van der Waals surface area contributed by atoms with E-state index < -0.39 is 0 Å². The maximum absolute atomic E-state index is 5.85. The summed E-state index contributed by atoms with van der Waals surface area (Å²) in [5.41, 5.74) is 1.11. The summed E-state index contributed by atoms with van der Waals surface area (Å²) in [5, 5.41) is 16.7. The van der Waals surface area contributed by atoms with Gasteiger partial charge in [-0.05, 0) is 42.3 Å². The largest absolute Gasteiger partial charge is 0.307 e. The molecular formula is C12H14ClN5. The molecule has 18 heavy (non-hydrogen) atoms. The highest BCUT2D eigenvalue weighted by molar-refractivity contribution is 6.30. The summed E-state index contributed by atoms with van der Waals surface area (Å²) < 4.78 is 0. The summed E-state index contributed by atoms with van der Waals surface area (Å²) in [6.45, 7) is 1.66. The Balaban J connectivity index is 1.71. The molecule has 5 nitrogen and oxygen atoms in total. The Morgan fingerprint density at radius 1 is 1.33 bits per heavy atom. The maximum atomic E-state index is 5.85. The quantitative estimate of drug-likeness (QED) is 0.918. The first kappa shape index (κ1) is 11.6. The van der Waals surface area contributed by atoms with Crippen molar-refractivity contribution < 1.29 is 0 Å². The lowest BCUT2D eigenvalue weighted by atomic mass is 10.2. The van der Waals surface area contributed by atoms with Crippen LogP contribution in [-0.4, -0.2) is 26.8 Å². The fourth-order valence-electron chi connectivity index (χ4n) is 2.12. The predicted octanol–water partition coefficient (Wildman–Crippen LogP) is 1.80. The highest BCUT2D eigenvalue weighted by Crippen LogP contribution is 2.18. The first-order valence-corrected chi connectivity index (χ1v) is 6.44. The van der Waals surface area contributed by atoms with Gasteiger partial charge in [0.15, 0.2) is 5.82 Å². The third-order valence-corrected chi connectivity index (χ3v) is 3.33. The van der Waals surface area contributed by atoms with Gasteiger partial charge in [0.05, 0.1) is 12.6 Å². The van der Waals surface area contributed by atoms with Crippen molar-refractivity contribution in [3.05, 3.63) is 40.7 Å². The highest BCUT2D eigenvalue weighted by atomic mass is 35.5. The molecule has 0 saturated carbocycles. The van der Waals surface area contributed by atoms with E-state index >= 15 is 0 Å². The Bertz CT molecular complexity index is 516. The van der Waals surface area contributed by atoms with E-state index in [9.17, 15) is 0 Å². The van der Waals surface area contributed by atoms with Crippen molar-refractivity contribution in [2.45, 2.75) is 25.4 Å². The van der Waals surface area contributed by atoms with Crippen LogP contribution < -0.4 is 5.32 Å². The lowest BCUT2D eigenvalue weighted by molar-refractivity contribution is 0.557. The molecule has 0 spiro atoms. The molecule has 2 heterocycles. The molecule has 0 radical (unpaired) electrons. The van der Waals surface area contributed by atoms with Crippen molar-refractivity contribution in [3.63, 3.8) is 0 Å². The molecule has 1 saturated heterocycles. The standard InChI is InChI=1S/C12H14ClN5/c13-10-5-3-9(4-6-10)8-18-16-12(15-17-18)11-2-1-7-14-11/h3-6,11,14H,1-2,7-8H2. The summed E-state index contributed by atoms with van der Waals surface area (Å²) in [7, 11) is 0. The minimum absolute atomic E-state index is 0.268. The second-order valence-electron chi connectivity index (χ2n) is 4.45. The van der Waals surface area contributed by atoms with E-state index in [0.29, 0.717) is 6.54 Å². The zero-order valence-electron chi connectivity index (χ0n) is 9.88. The minimum atomic E-state index is 0.268. The van der Waals surface area contributed by atoms with Crippen LogP contribution in [0.4, 0.5) is 0 Å². The molecule has 3 rings (SSSR count). The number of rotatable bonds is 3. The molecule has 1 fully saturated rings. The van der Waals surface area contributed by atoms with Crippen LogP contribution in [0.1, 0.15) is 30.3 Å². The third-order valence-electron chi connectivity index (χ3n) is 3.08. The minimum Gasteiger partial charge on any atom is -0.307 e. The normalized spacial score (nSPS) is 19.3. The zero-order chi connectivity index (χ0) is 12.4. The van der Waals surface area contributed by atoms with Gasteiger partial charge in [-0.3, -0.25) is 0 Å². The van der Waals surface area contributed by atoms with Crippen molar-refractivity contribution >= 4 is 11.6 Å². The number of nitrogens with one attached hydrogen (secondary N) is 1. The lowest BCUT2D eigenvalue weighted by Gasteiger charge is -2.02. The van der Waals surface area contributed by atoms with E-state index in [4.69, 9.17) is 11.6 Å². The Hall–Kier alpha value is -1.46. The zero-order valence-corrected chi connectivity index (χ0v) is 10.6. The maximum Gasteiger partial charge on any atom is 0.191 e. The van der Waals surface area contributed by atoms with E-state index in [1.807, 2.05) is 24.3 Å². The number of hydrogen-bond donors (Lipinski definition) is 1. The van der Waals surface area contributed by atoms with Crippen molar-refractivity contribution in [2.75, 3.05) is 6.54 Å². The van der Waals surface area contributed by atoms with E-state index in [1.165, 1.54) is 6.42 Å². The van der Waals surface area contributed by atoms with Gasteiger partial charge in [0.2, 0.25) is 0 Å². The van der Waals surface area contributed by atoms with Gasteiger partial charge in [0.1, 0.15) is 0 Å². The van der Waals surface area contributed by atoms with Crippen LogP contribution in [0.2, 0.25) is 5.02 Å². The van der Waals surface area contributed by atoms with Gasteiger partial charge >= 0.3 is 0 Å². The number of halogens is 1. The molecule has 94 valence electrons. The topological polar surface area (TPSA) is 55.6 Å². The average molecular weight is 264 g/mol. The number of tetrazole rings is 1. The number of hydrogen-bond acceptors (Lipinski definition) is 4. The van der Waals surface area contributed by atoms with Gasteiger partial charge in [0.25, 0.3) is 0 Å². The second-order valence-corrected chi connectivity index (χ2v) is 4.89. The van der Waals surface area contributed by atoms with E-state index in [2.05, 4.69) is 20.7 Å². The monoisotopic (exact) mass is 263 g/mol. The molecule has 1 aliphatic heterocycles. The Labute approximate surface area is 110 Å². The van der Waals surface area contributed by atoms with Crippen LogP contribution in [0.15, 0.2) is 24.3 Å². The second kappa shape index (κ2) is 5.04. The van der Waals surface area contributed by atoms with Crippen LogP contribution in [0.5, 0.6) is 0 Å². The first-order chi connectivity index (χ1) is 8.81. The summed E-state index contributed by atoms with van der Waals surface area (Å²) >= 11 is 5.85. The van der Waals surface area contributed by atoms with Gasteiger partial charge in [-0.15, -0.1) is 10.2 Å². The number of aromatic nitrogens is 4. The van der Waals surface area contributed by atoms with Crippen LogP contribution in [0.25, 0.3) is 0 Å². The summed E-state index contributed by atoms with van der Waals surface area (Å²) in [5.74, 6) is 0.793. The number of nitrogens with zero attached hydrogens (tertiary/aromatic N) is 4. The Morgan fingerprint density at radius 2 is 2.17 bits per heavy atom. The molecule has 2 aromatic rings. The van der Waals surface area contributed by atoms with Gasteiger partial charge in [-0.25, -0.2) is 0 Å². The number of benzene rings is 1. The average Bonchev–Trinajstić information content (AvgIpc) is 3.02. The van der Waals surface area contributed by atoms with Crippen LogP contribution >= 0.6 is 11.6 Å². The molecule has 6 heteroatoms. The van der Waals surface area contributed by atoms with E-state index in [-0.39, 0.29) is 6.04 Å². The first-order valence-electron chi connectivity index (χ1n) is 6.07. The van der Waals surface area contributed by atoms with Crippen LogP contribution in [0, 0.1) is 0 Å². The van der Waals surface area contributed by atoms with E-state index in [1.54, 1.807) is 4.80 Å². The van der Waals surface area contributed by atoms with Crippen LogP contribution in [-0.2, 0) is 6.54 Å². The molecule has 1 atom stereocenters. The molecule has 1 aromatic carbocycles. The van der Waals surface area contributed by atoms with E-state index in [0.717, 1.165) is 29.4 Å². The molecule has 0 aliphatic carbocycles. The van der Waals surface area contributed by atoms with Gasteiger partial charge < -0.3 is 5.32 Å². The van der Waals surface area contributed by atoms with Crippen LogP contribution in [0.3, 0.4) is 0 Å². The highest BCUT2D eigenvalue weighted by Gasteiger charge is 2.20. The fraction of sp³-hybridized carbons (Fsp3) is 0.417. The fourth-order valence-corrected chi connectivity index (χ4v) is 2.25. The molecule has 0 amide bonds. The summed E-state index contributed by atoms with van der Waals surface area (Å²) in [6, 6.07) is 7.95. The molecule has 1 N–H and O–H groups in total.